The van der Waals surface area contributed by atoms with Crippen molar-refractivity contribution in [1.82, 2.24) is 34.8 Å². The average molecular weight is 345 g/mol. The monoisotopic (exact) mass is 345 g/mol. The molecule has 3 rings (SSSR count). The molecule has 2 aromatic rings. The minimum atomic E-state index is 0.0232. The normalized spacial score (nSPS) is 22.0. The summed E-state index contributed by atoms with van der Waals surface area (Å²) in [5.41, 5.74) is 3.27. The summed E-state index contributed by atoms with van der Waals surface area (Å²) >= 11 is 0. The van der Waals surface area contributed by atoms with Gasteiger partial charge in [0.05, 0.1) is 11.7 Å². The summed E-state index contributed by atoms with van der Waals surface area (Å²) in [4.78, 5) is 18.2. The van der Waals surface area contributed by atoms with Gasteiger partial charge >= 0.3 is 0 Å². The van der Waals surface area contributed by atoms with E-state index in [0.29, 0.717) is 6.42 Å². The van der Waals surface area contributed by atoms with Crippen molar-refractivity contribution in [3.8, 4) is 0 Å². The van der Waals surface area contributed by atoms with Gasteiger partial charge in [-0.15, -0.1) is 0 Å². The van der Waals surface area contributed by atoms with E-state index in [2.05, 4.69) is 34.3 Å². The Hall–Kier alpha value is -2.22. The predicted molar refractivity (Wildman–Crippen MR) is 93.8 cm³/mol. The molecule has 0 saturated carbocycles. The first-order valence-corrected chi connectivity index (χ1v) is 8.72. The Labute approximate surface area is 148 Å². The Kier molecular flexibility index (Phi) is 4.89. The minimum absolute atomic E-state index is 0.0232. The predicted octanol–water partition coefficient (Wildman–Crippen LogP) is 0.969. The molecule has 0 aliphatic carbocycles. The fourth-order valence-electron chi connectivity index (χ4n) is 3.75. The average Bonchev–Trinajstić information content (AvgIpc) is 3.22. The van der Waals surface area contributed by atoms with Gasteiger partial charge in [-0.3, -0.25) is 14.2 Å². The lowest BCUT2D eigenvalue weighted by molar-refractivity contribution is -0.127. The summed E-state index contributed by atoms with van der Waals surface area (Å²) in [6.07, 6.45) is 4.72. The third kappa shape index (κ3) is 3.44. The Balaban J connectivity index is 1.73. The molecule has 1 saturated heterocycles. The first-order valence-electron chi connectivity index (χ1n) is 8.72. The van der Waals surface area contributed by atoms with E-state index in [9.17, 15) is 4.79 Å². The zero-order valence-corrected chi connectivity index (χ0v) is 15.6. The molecule has 1 aliphatic rings. The number of likely N-dealkylation sites (N-methyl/N-ethyl adjacent to an activating group) is 1. The molecule has 1 N–H and O–H groups in total. The molecule has 8 heteroatoms. The number of hydrogen-bond donors (Lipinski definition) is 1. The van der Waals surface area contributed by atoms with E-state index in [0.717, 1.165) is 29.9 Å². The van der Waals surface area contributed by atoms with Gasteiger partial charge in [0.1, 0.15) is 12.7 Å². The zero-order valence-electron chi connectivity index (χ0n) is 15.6. The van der Waals surface area contributed by atoms with Gasteiger partial charge in [-0.1, -0.05) is 0 Å². The lowest BCUT2D eigenvalue weighted by Crippen LogP contribution is -2.41. The van der Waals surface area contributed by atoms with Gasteiger partial charge in [-0.05, 0) is 27.2 Å². The molecule has 2 aromatic heterocycles. The summed E-state index contributed by atoms with van der Waals surface area (Å²) < 4.78 is 3.73. The minimum Gasteiger partial charge on any atom is -0.337 e. The maximum absolute atomic E-state index is 12.4. The van der Waals surface area contributed by atoms with Crippen LogP contribution in [0.3, 0.4) is 0 Å². The molecule has 1 aliphatic heterocycles. The first kappa shape index (κ1) is 17.6. The smallest absolute Gasteiger partial charge is 0.224 e. The van der Waals surface area contributed by atoms with Crippen molar-refractivity contribution < 1.29 is 4.79 Å². The summed E-state index contributed by atoms with van der Waals surface area (Å²) in [5.74, 6) is 0.175. The van der Waals surface area contributed by atoms with E-state index in [4.69, 9.17) is 0 Å². The molecule has 0 bridgehead atoms. The van der Waals surface area contributed by atoms with Crippen molar-refractivity contribution in [2.75, 3.05) is 7.05 Å². The number of carbonyl (C=O) groups is 1. The van der Waals surface area contributed by atoms with Crippen LogP contribution in [-0.4, -0.2) is 54.5 Å². The standard InChI is InChI=1S/C17H27N7O/c1-11(6-7-24-10-18-9-19-24)20-14-8-15(25)22(4)17(14)16-12(2)21-23(5)13(16)3/h9-11,14,17,20H,6-8H2,1-5H3/t11?,14-,17-/m1/s1. The number of likely N-dealkylation sites (tertiary alicyclic amines) is 1. The fourth-order valence-corrected chi connectivity index (χ4v) is 3.75. The highest BCUT2D eigenvalue weighted by atomic mass is 16.2. The quantitative estimate of drug-likeness (QED) is 0.844. The van der Waals surface area contributed by atoms with E-state index >= 15 is 0 Å². The lowest BCUT2D eigenvalue weighted by atomic mass is 9.97. The van der Waals surface area contributed by atoms with Gasteiger partial charge < -0.3 is 10.2 Å². The molecule has 0 aromatic carbocycles. The second-order valence-corrected chi connectivity index (χ2v) is 6.98. The second kappa shape index (κ2) is 6.95. The maximum Gasteiger partial charge on any atom is 0.224 e. The largest absolute Gasteiger partial charge is 0.337 e. The molecule has 3 atom stereocenters. The van der Waals surface area contributed by atoms with E-state index in [1.54, 1.807) is 12.7 Å². The highest BCUT2D eigenvalue weighted by molar-refractivity contribution is 5.80. The number of nitrogens with one attached hydrogen (secondary N) is 1. The molecular formula is C17H27N7O. The molecule has 8 nitrogen and oxygen atoms in total. The molecule has 1 fully saturated rings. The number of amides is 1. The maximum atomic E-state index is 12.4. The highest BCUT2D eigenvalue weighted by Gasteiger charge is 2.41. The molecule has 25 heavy (non-hydrogen) atoms. The molecule has 3 heterocycles. The van der Waals surface area contributed by atoms with Crippen LogP contribution in [0, 0.1) is 13.8 Å². The Morgan fingerprint density at radius 3 is 2.72 bits per heavy atom. The van der Waals surface area contributed by atoms with Crippen LogP contribution in [0.4, 0.5) is 0 Å². The summed E-state index contributed by atoms with van der Waals surface area (Å²) in [6.45, 7) is 7.04. The number of carbonyl (C=O) groups excluding carboxylic acids is 1. The number of rotatable bonds is 6. The first-order chi connectivity index (χ1) is 11.9. The Morgan fingerprint density at radius 2 is 2.12 bits per heavy atom. The van der Waals surface area contributed by atoms with Crippen molar-refractivity contribution >= 4 is 5.91 Å². The zero-order chi connectivity index (χ0) is 18.1. The number of aromatic nitrogens is 5. The van der Waals surface area contributed by atoms with Gasteiger partial charge in [-0.25, -0.2) is 4.98 Å². The van der Waals surface area contributed by atoms with Crippen LogP contribution in [0.15, 0.2) is 12.7 Å². The Morgan fingerprint density at radius 1 is 1.36 bits per heavy atom. The molecule has 0 radical (unpaired) electrons. The molecule has 1 unspecified atom stereocenters. The van der Waals surface area contributed by atoms with Crippen molar-refractivity contribution in [2.24, 2.45) is 7.05 Å². The number of nitrogens with zero attached hydrogens (tertiary/aromatic N) is 6. The highest BCUT2D eigenvalue weighted by Crippen LogP contribution is 2.35. The topological polar surface area (TPSA) is 80.9 Å². The van der Waals surface area contributed by atoms with Gasteiger partial charge in [0.2, 0.25) is 5.91 Å². The molecular weight excluding hydrogens is 318 g/mol. The van der Waals surface area contributed by atoms with Crippen molar-refractivity contribution in [3.05, 3.63) is 29.6 Å². The van der Waals surface area contributed by atoms with Crippen LogP contribution >= 0.6 is 0 Å². The lowest BCUT2D eigenvalue weighted by Gasteiger charge is -2.28. The van der Waals surface area contributed by atoms with Gasteiger partial charge in [0.25, 0.3) is 0 Å². The summed E-state index contributed by atoms with van der Waals surface area (Å²) in [5, 5.41) is 12.3. The third-order valence-electron chi connectivity index (χ3n) is 5.20. The van der Waals surface area contributed by atoms with E-state index in [-0.39, 0.29) is 24.0 Å². The van der Waals surface area contributed by atoms with Crippen LogP contribution in [0.2, 0.25) is 0 Å². The van der Waals surface area contributed by atoms with Crippen molar-refractivity contribution in [1.29, 1.82) is 0 Å². The summed E-state index contributed by atoms with van der Waals surface area (Å²) in [7, 11) is 3.84. The third-order valence-corrected chi connectivity index (χ3v) is 5.20. The Bertz CT molecular complexity index is 737. The van der Waals surface area contributed by atoms with Crippen LogP contribution in [0.25, 0.3) is 0 Å². The van der Waals surface area contributed by atoms with Crippen LogP contribution in [0.1, 0.15) is 42.8 Å². The van der Waals surface area contributed by atoms with E-state index in [1.807, 2.05) is 35.3 Å². The van der Waals surface area contributed by atoms with Crippen LogP contribution in [0.5, 0.6) is 0 Å². The second-order valence-electron chi connectivity index (χ2n) is 6.98. The molecule has 136 valence electrons. The van der Waals surface area contributed by atoms with Crippen molar-refractivity contribution in [2.45, 2.75) is 58.3 Å². The summed E-state index contributed by atoms with van der Waals surface area (Å²) in [6, 6.07) is 0.383. The SMILES string of the molecule is Cc1nn(C)c(C)c1[C@H]1[C@H](NC(C)CCn2cncn2)CC(=O)N1C. The van der Waals surface area contributed by atoms with Crippen LogP contribution < -0.4 is 5.32 Å². The van der Waals surface area contributed by atoms with Gasteiger partial charge in [0.15, 0.2) is 0 Å². The molecule has 0 spiro atoms. The fraction of sp³-hybridized carbons (Fsp3) is 0.647. The van der Waals surface area contributed by atoms with Gasteiger partial charge in [0, 0.05) is 50.4 Å². The van der Waals surface area contributed by atoms with E-state index in [1.165, 1.54) is 0 Å². The van der Waals surface area contributed by atoms with E-state index < -0.39 is 0 Å². The van der Waals surface area contributed by atoms with Gasteiger partial charge in [-0.2, -0.15) is 10.2 Å². The van der Waals surface area contributed by atoms with Crippen molar-refractivity contribution in [3.63, 3.8) is 0 Å². The number of hydrogen-bond acceptors (Lipinski definition) is 5. The van der Waals surface area contributed by atoms with Crippen LogP contribution in [-0.2, 0) is 18.4 Å². The number of aryl methyl sites for hydroxylation is 3. The molecule has 1 amide bonds.